The highest BCUT2D eigenvalue weighted by Gasteiger charge is 2.26. The molecule has 0 saturated carbocycles. The molecule has 1 aliphatic rings. The van der Waals surface area contributed by atoms with E-state index in [1.807, 2.05) is 39.0 Å². The molecule has 0 bridgehead atoms. The van der Waals surface area contributed by atoms with Crippen LogP contribution in [0.1, 0.15) is 30.0 Å². The van der Waals surface area contributed by atoms with Gasteiger partial charge >= 0.3 is 0 Å². The number of imide groups is 1. The highest BCUT2D eigenvalue weighted by molar-refractivity contribution is 6.17. The average molecular weight is 229 g/mol. The topological polar surface area (TPSA) is 46.2 Å². The first kappa shape index (κ1) is 11.6. The van der Waals surface area contributed by atoms with E-state index in [1.165, 1.54) is 0 Å². The molecule has 0 spiro atoms. The zero-order chi connectivity index (χ0) is 12.6. The Kier molecular flexibility index (Phi) is 2.84. The van der Waals surface area contributed by atoms with Crippen molar-refractivity contribution in [1.29, 1.82) is 0 Å². The zero-order valence-electron chi connectivity index (χ0n) is 10.3. The molecule has 1 heterocycles. The van der Waals surface area contributed by atoms with Gasteiger partial charge in [-0.2, -0.15) is 0 Å². The summed E-state index contributed by atoms with van der Waals surface area (Å²) in [5.74, 6) is -0.469. The van der Waals surface area contributed by atoms with Crippen LogP contribution < -0.4 is 5.32 Å². The van der Waals surface area contributed by atoms with E-state index in [4.69, 9.17) is 0 Å². The largest absolute Gasteiger partial charge is 0.292 e. The first-order chi connectivity index (χ1) is 7.99. The van der Waals surface area contributed by atoms with Gasteiger partial charge in [0.1, 0.15) is 0 Å². The Morgan fingerprint density at radius 1 is 1.24 bits per heavy atom. The number of aryl methyl sites for hydroxylation is 2. The molecular weight excluding hydrogens is 214 g/mol. The number of hydrogen-bond acceptors (Lipinski definition) is 2. The normalized spacial score (nSPS) is 18.3. The van der Waals surface area contributed by atoms with E-state index in [2.05, 4.69) is 5.32 Å². The van der Waals surface area contributed by atoms with E-state index in [1.54, 1.807) is 0 Å². The summed E-state index contributed by atoms with van der Waals surface area (Å²) in [4.78, 5) is 22.8. The zero-order valence-corrected chi connectivity index (χ0v) is 10.3. The molecule has 2 amide bonds. The van der Waals surface area contributed by atoms with Crippen molar-refractivity contribution in [3.63, 3.8) is 0 Å². The maximum atomic E-state index is 11.6. The predicted molar refractivity (Wildman–Crippen MR) is 66.3 cm³/mol. The SMILES string of the molecule is CC(=C1CC(=O)NC1=O)c1cc(C)ccc1C. The summed E-state index contributed by atoms with van der Waals surface area (Å²) in [6, 6.07) is 6.12. The van der Waals surface area contributed by atoms with E-state index in [0.29, 0.717) is 5.57 Å². The maximum absolute atomic E-state index is 11.6. The summed E-state index contributed by atoms with van der Waals surface area (Å²) in [5, 5.41) is 2.32. The Balaban J connectivity index is 2.53. The molecule has 1 aliphatic heterocycles. The fourth-order valence-electron chi connectivity index (χ4n) is 2.09. The van der Waals surface area contributed by atoms with Crippen LogP contribution in [-0.4, -0.2) is 11.8 Å². The number of carbonyl (C=O) groups is 2. The molecule has 2 rings (SSSR count). The van der Waals surface area contributed by atoms with Gasteiger partial charge in [-0.1, -0.05) is 23.8 Å². The Morgan fingerprint density at radius 3 is 2.53 bits per heavy atom. The minimum absolute atomic E-state index is 0.193. The summed E-state index contributed by atoms with van der Waals surface area (Å²) in [6.07, 6.45) is 0.193. The van der Waals surface area contributed by atoms with Crippen LogP contribution in [0.2, 0.25) is 0 Å². The molecule has 1 aromatic rings. The second-order valence-electron chi connectivity index (χ2n) is 4.48. The second-order valence-corrected chi connectivity index (χ2v) is 4.48. The van der Waals surface area contributed by atoms with Gasteiger partial charge in [-0.05, 0) is 37.5 Å². The van der Waals surface area contributed by atoms with Gasteiger partial charge < -0.3 is 0 Å². The molecule has 0 aliphatic carbocycles. The van der Waals surface area contributed by atoms with E-state index >= 15 is 0 Å². The Labute approximate surface area is 101 Å². The molecule has 17 heavy (non-hydrogen) atoms. The summed E-state index contributed by atoms with van der Waals surface area (Å²) in [6.45, 7) is 5.92. The number of allylic oxidation sites excluding steroid dienone is 1. The van der Waals surface area contributed by atoms with Crippen LogP contribution in [0.5, 0.6) is 0 Å². The second kappa shape index (κ2) is 4.17. The van der Waals surface area contributed by atoms with Gasteiger partial charge in [0.25, 0.3) is 5.91 Å². The lowest BCUT2D eigenvalue weighted by Crippen LogP contribution is -2.19. The molecule has 3 heteroatoms. The third-order valence-electron chi connectivity index (χ3n) is 3.11. The molecule has 1 saturated heterocycles. The number of amides is 2. The van der Waals surface area contributed by atoms with Crippen molar-refractivity contribution in [3.8, 4) is 0 Å². The van der Waals surface area contributed by atoms with Crippen molar-refractivity contribution < 1.29 is 9.59 Å². The van der Waals surface area contributed by atoms with Crippen LogP contribution in [0.15, 0.2) is 23.8 Å². The maximum Gasteiger partial charge on any atom is 0.254 e. The van der Waals surface area contributed by atoms with Gasteiger partial charge in [-0.3, -0.25) is 14.9 Å². The van der Waals surface area contributed by atoms with Crippen LogP contribution in [-0.2, 0) is 9.59 Å². The fraction of sp³-hybridized carbons (Fsp3) is 0.286. The number of benzene rings is 1. The Morgan fingerprint density at radius 2 is 1.94 bits per heavy atom. The molecule has 0 aromatic heterocycles. The molecule has 1 aromatic carbocycles. The van der Waals surface area contributed by atoms with Crippen molar-refractivity contribution in [1.82, 2.24) is 5.32 Å². The minimum atomic E-state index is -0.256. The summed E-state index contributed by atoms with van der Waals surface area (Å²) >= 11 is 0. The third-order valence-corrected chi connectivity index (χ3v) is 3.11. The number of nitrogens with one attached hydrogen (secondary N) is 1. The highest BCUT2D eigenvalue weighted by Crippen LogP contribution is 2.26. The van der Waals surface area contributed by atoms with E-state index in [-0.39, 0.29) is 18.2 Å². The molecule has 88 valence electrons. The predicted octanol–water partition coefficient (Wildman–Crippen LogP) is 2.12. The Hall–Kier alpha value is -1.90. The van der Waals surface area contributed by atoms with Crippen molar-refractivity contribution in [2.24, 2.45) is 0 Å². The molecule has 0 unspecified atom stereocenters. The first-order valence-electron chi connectivity index (χ1n) is 5.60. The summed E-state index contributed by atoms with van der Waals surface area (Å²) in [5.41, 5.74) is 4.80. The molecular formula is C14H15NO2. The standard InChI is InChI=1S/C14H15NO2/c1-8-4-5-9(2)11(6-8)10(3)12-7-13(16)15-14(12)17/h4-6H,7H2,1-3H3,(H,15,16,17). The minimum Gasteiger partial charge on any atom is -0.292 e. The summed E-state index contributed by atoms with van der Waals surface area (Å²) in [7, 11) is 0. The van der Waals surface area contributed by atoms with Crippen molar-refractivity contribution in [3.05, 3.63) is 40.5 Å². The summed E-state index contributed by atoms with van der Waals surface area (Å²) < 4.78 is 0. The van der Waals surface area contributed by atoms with Gasteiger partial charge in [-0.25, -0.2) is 0 Å². The number of hydrogen-bond donors (Lipinski definition) is 1. The van der Waals surface area contributed by atoms with Crippen molar-refractivity contribution in [2.75, 3.05) is 0 Å². The fourth-order valence-corrected chi connectivity index (χ4v) is 2.09. The lowest BCUT2D eigenvalue weighted by Gasteiger charge is -2.09. The lowest BCUT2D eigenvalue weighted by molar-refractivity contribution is -0.124. The van der Waals surface area contributed by atoms with Gasteiger partial charge in [0.05, 0.1) is 6.42 Å². The van der Waals surface area contributed by atoms with Crippen LogP contribution >= 0.6 is 0 Å². The van der Waals surface area contributed by atoms with E-state index < -0.39 is 0 Å². The number of rotatable bonds is 1. The van der Waals surface area contributed by atoms with Gasteiger partial charge in [-0.15, -0.1) is 0 Å². The Bertz CT molecular complexity index is 541. The highest BCUT2D eigenvalue weighted by atomic mass is 16.2. The molecule has 3 nitrogen and oxygen atoms in total. The molecule has 1 N–H and O–H groups in total. The molecule has 0 radical (unpaired) electrons. The van der Waals surface area contributed by atoms with Gasteiger partial charge in [0.2, 0.25) is 5.91 Å². The van der Waals surface area contributed by atoms with Crippen LogP contribution in [0.3, 0.4) is 0 Å². The van der Waals surface area contributed by atoms with Crippen LogP contribution in [0.4, 0.5) is 0 Å². The first-order valence-corrected chi connectivity index (χ1v) is 5.60. The van der Waals surface area contributed by atoms with E-state index in [0.717, 1.165) is 22.3 Å². The van der Waals surface area contributed by atoms with Crippen molar-refractivity contribution >= 4 is 17.4 Å². The van der Waals surface area contributed by atoms with Gasteiger partial charge in [0, 0.05) is 5.57 Å². The van der Waals surface area contributed by atoms with E-state index in [9.17, 15) is 9.59 Å². The third kappa shape index (κ3) is 2.13. The van der Waals surface area contributed by atoms with Crippen molar-refractivity contribution in [2.45, 2.75) is 27.2 Å². The smallest absolute Gasteiger partial charge is 0.254 e. The molecule has 1 fully saturated rings. The molecule has 0 atom stereocenters. The quantitative estimate of drug-likeness (QED) is 0.592. The monoisotopic (exact) mass is 229 g/mol. The average Bonchev–Trinajstić information content (AvgIpc) is 2.60. The lowest BCUT2D eigenvalue weighted by atomic mass is 9.95. The van der Waals surface area contributed by atoms with Crippen LogP contribution in [0.25, 0.3) is 5.57 Å². The number of carbonyl (C=O) groups excluding carboxylic acids is 2. The van der Waals surface area contributed by atoms with Gasteiger partial charge in [0.15, 0.2) is 0 Å². The van der Waals surface area contributed by atoms with Crippen LogP contribution in [0, 0.1) is 13.8 Å².